The van der Waals surface area contributed by atoms with Crippen LogP contribution in [-0.2, 0) is 4.79 Å². The van der Waals surface area contributed by atoms with Crippen LogP contribution < -0.4 is 10.9 Å². The first-order valence-electron chi connectivity index (χ1n) is 5.00. The normalized spacial score (nSPS) is 9.12. The van der Waals surface area contributed by atoms with E-state index in [1.165, 1.54) is 0 Å². The minimum absolute atomic E-state index is 0.0127. The van der Waals surface area contributed by atoms with Gasteiger partial charge in [0.15, 0.2) is 5.82 Å². The molecular weight excluding hydrogens is 206 g/mol. The van der Waals surface area contributed by atoms with Gasteiger partial charge in [0.25, 0.3) is 5.56 Å². The molecule has 0 saturated carbocycles. The summed E-state index contributed by atoms with van der Waals surface area (Å²) in [4.78, 5) is 28.0. The summed E-state index contributed by atoms with van der Waals surface area (Å²) >= 11 is 0. The molecule has 5 nitrogen and oxygen atoms in total. The van der Waals surface area contributed by atoms with Crippen LogP contribution in [0.2, 0.25) is 0 Å². The molecular formula is C11H13N3O2. The van der Waals surface area contributed by atoms with Gasteiger partial charge in [-0.2, -0.15) is 0 Å². The number of benzene rings is 1. The smallest absolute Gasteiger partial charge is 0.291 e. The van der Waals surface area contributed by atoms with Crippen LogP contribution in [0.15, 0.2) is 29.1 Å². The van der Waals surface area contributed by atoms with Crippen LogP contribution in [-0.4, -0.2) is 16.4 Å². The number of anilines is 1. The molecule has 16 heavy (non-hydrogen) atoms. The number of aromatic amines is 1. The van der Waals surface area contributed by atoms with Gasteiger partial charge in [0, 0.05) is 0 Å². The van der Waals surface area contributed by atoms with Gasteiger partial charge in [-0.15, -0.1) is 0 Å². The highest BCUT2D eigenvalue weighted by molar-refractivity contribution is 5.77. The van der Waals surface area contributed by atoms with Crippen molar-refractivity contribution in [3.63, 3.8) is 0 Å². The fourth-order valence-electron chi connectivity index (χ4n) is 1.18. The Hall–Kier alpha value is -2.17. The van der Waals surface area contributed by atoms with Gasteiger partial charge in [0.05, 0.1) is 11.0 Å². The number of carbonyl (C=O) groups excluding carboxylic acids is 1. The predicted molar refractivity (Wildman–Crippen MR) is 63.4 cm³/mol. The minimum atomic E-state index is -0.407. The molecule has 0 aliphatic heterocycles. The zero-order chi connectivity index (χ0) is 12.0. The molecule has 0 bridgehead atoms. The van der Waals surface area contributed by atoms with Crippen LogP contribution in [0.5, 0.6) is 0 Å². The zero-order valence-electron chi connectivity index (χ0n) is 9.15. The van der Waals surface area contributed by atoms with E-state index in [2.05, 4.69) is 15.3 Å². The van der Waals surface area contributed by atoms with Crippen molar-refractivity contribution in [2.75, 3.05) is 5.32 Å². The Bertz CT molecular complexity index is 534. The molecule has 1 aromatic heterocycles. The van der Waals surface area contributed by atoms with Crippen molar-refractivity contribution < 1.29 is 4.79 Å². The maximum atomic E-state index is 11.3. The average molecular weight is 219 g/mol. The van der Waals surface area contributed by atoms with E-state index in [9.17, 15) is 9.59 Å². The minimum Gasteiger partial charge on any atom is -0.317 e. The first-order valence-corrected chi connectivity index (χ1v) is 5.00. The first kappa shape index (κ1) is 11.9. The summed E-state index contributed by atoms with van der Waals surface area (Å²) in [5.74, 6) is 0.0127. The third-order valence-electron chi connectivity index (χ3n) is 1.80. The molecule has 0 atom stereocenters. The number of nitrogens with zero attached hydrogens (tertiary/aromatic N) is 1. The number of rotatable bonds is 2. The number of para-hydroxylation sites is 2. The van der Waals surface area contributed by atoms with E-state index in [-0.39, 0.29) is 5.82 Å². The van der Waals surface area contributed by atoms with Gasteiger partial charge in [-0.3, -0.25) is 9.59 Å². The first-order chi connectivity index (χ1) is 7.81. The molecule has 84 valence electrons. The molecule has 0 aliphatic carbocycles. The lowest BCUT2D eigenvalue weighted by atomic mass is 10.3. The second kappa shape index (κ2) is 5.65. The summed E-state index contributed by atoms with van der Waals surface area (Å²) in [6.07, 6.45) is 0.423. The molecule has 2 rings (SSSR count). The fraction of sp³-hybridized carbons (Fsp3) is 0.182. The number of hydrogen-bond donors (Lipinski definition) is 2. The maximum absolute atomic E-state index is 11.3. The second-order valence-electron chi connectivity index (χ2n) is 2.69. The highest BCUT2D eigenvalue weighted by atomic mass is 16.1. The van der Waals surface area contributed by atoms with Crippen LogP contribution >= 0.6 is 0 Å². The molecule has 0 saturated heterocycles. The van der Waals surface area contributed by atoms with Crippen LogP contribution in [0, 0.1) is 0 Å². The SMILES string of the molecule is CC.O=CNc1nc2ccccc2[nH]c1=O. The fourth-order valence-corrected chi connectivity index (χ4v) is 1.18. The van der Waals surface area contributed by atoms with Crippen molar-refractivity contribution in [1.82, 2.24) is 9.97 Å². The molecule has 1 amide bonds. The number of H-pyrrole nitrogens is 1. The third-order valence-corrected chi connectivity index (χ3v) is 1.80. The highest BCUT2D eigenvalue weighted by Gasteiger charge is 2.01. The third kappa shape index (κ3) is 2.44. The van der Waals surface area contributed by atoms with Crippen molar-refractivity contribution in [2.45, 2.75) is 13.8 Å². The van der Waals surface area contributed by atoms with Gasteiger partial charge in [0.2, 0.25) is 6.41 Å². The van der Waals surface area contributed by atoms with Crippen molar-refractivity contribution in [2.24, 2.45) is 0 Å². The summed E-state index contributed by atoms with van der Waals surface area (Å²) in [6, 6.07) is 7.10. The largest absolute Gasteiger partial charge is 0.317 e. The molecule has 2 aromatic rings. The van der Waals surface area contributed by atoms with E-state index in [0.717, 1.165) is 0 Å². The Labute approximate surface area is 92.5 Å². The molecule has 5 heteroatoms. The van der Waals surface area contributed by atoms with Crippen LogP contribution in [0.3, 0.4) is 0 Å². The topological polar surface area (TPSA) is 74.8 Å². The summed E-state index contributed by atoms with van der Waals surface area (Å²) < 4.78 is 0. The van der Waals surface area contributed by atoms with Crippen molar-refractivity contribution >= 4 is 23.3 Å². The Morgan fingerprint density at radius 1 is 1.31 bits per heavy atom. The van der Waals surface area contributed by atoms with Gasteiger partial charge in [-0.25, -0.2) is 4.98 Å². The molecule has 0 radical (unpaired) electrons. The van der Waals surface area contributed by atoms with Gasteiger partial charge in [0.1, 0.15) is 0 Å². The van der Waals surface area contributed by atoms with E-state index < -0.39 is 5.56 Å². The van der Waals surface area contributed by atoms with Gasteiger partial charge in [-0.05, 0) is 12.1 Å². The Morgan fingerprint density at radius 2 is 2.00 bits per heavy atom. The second-order valence-corrected chi connectivity index (χ2v) is 2.69. The molecule has 0 spiro atoms. The highest BCUT2D eigenvalue weighted by Crippen LogP contribution is 2.07. The maximum Gasteiger partial charge on any atom is 0.291 e. The number of fused-ring (bicyclic) bond motifs is 1. The van der Waals surface area contributed by atoms with Crippen molar-refractivity contribution in [3.8, 4) is 0 Å². The Kier molecular flexibility index (Phi) is 4.20. The van der Waals surface area contributed by atoms with Gasteiger partial charge < -0.3 is 10.3 Å². The summed E-state index contributed by atoms with van der Waals surface area (Å²) in [7, 11) is 0. The summed E-state index contributed by atoms with van der Waals surface area (Å²) in [5, 5.41) is 2.23. The molecule has 0 fully saturated rings. The molecule has 2 N–H and O–H groups in total. The number of nitrogens with one attached hydrogen (secondary N) is 2. The van der Waals surface area contributed by atoms with E-state index in [0.29, 0.717) is 17.4 Å². The van der Waals surface area contributed by atoms with Crippen LogP contribution in [0.4, 0.5) is 5.82 Å². The quantitative estimate of drug-likeness (QED) is 0.752. The van der Waals surface area contributed by atoms with E-state index in [1.807, 2.05) is 13.8 Å². The van der Waals surface area contributed by atoms with Gasteiger partial charge in [-0.1, -0.05) is 26.0 Å². The lowest BCUT2D eigenvalue weighted by molar-refractivity contribution is -0.105. The zero-order valence-corrected chi connectivity index (χ0v) is 9.15. The Morgan fingerprint density at radius 3 is 2.69 bits per heavy atom. The monoisotopic (exact) mass is 219 g/mol. The molecule has 0 aliphatic rings. The number of carbonyl (C=O) groups is 1. The lowest BCUT2D eigenvalue weighted by Gasteiger charge is -1.99. The molecule has 0 unspecified atom stereocenters. The number of hydrogen-bond acceptors (Lipinski definition) is 3. The molecule has 1 aromatic carbocycles. The summed E-state index contributed by atoms with van der Waals surface area (Å²) in [6.45, 7) is 4.00. The van der Waals surface area contributed by atoms with Crippen molar-refractivity contribution in [3.05, 3.63) is 34.6 Å². The Balaban J connectivity index is 0.000000606. The standard InChI is InChI=1S/C9H7N3O2.C2H6/c13-5-10-8-9(14)12-7-4-2-1-3-6(7)11-8;1-2/h1-5H,(H,12,14)(H,10,11,13);1-2H3. The van der Waals surface area contributed by atoms with Crippen LogP contribution in [0.1, 0.15) is 13.8 Å². The predicted octanol–water partition coefficient (Wildman–Crippen LogP) is 1.52. The van der Waals surface area contributed by atoms with Gasteiger partial charge >= 0.3 is 0 Å². The molecule has 1 heterocycles. The van der Waals surface area contributed by atoms with E-state index in [1.54, 1.807) is 24.3 Å². The number of aromatic nitrogens is 2. The van der Waals surface area contributed by atoms with Crippen molar-refractivity contribution in [1.29, 1.82) is 0 Å². The van der Waals surface area contributed by atoms with E-state index in [4.69, 9.17) is 0 Å². The van der Waals surface area contributed by atoms with E-state index >= 15 is 0 Å². The average Bonchev–Trinajstić information content (AvgIpc) is 2.33. The lowest BCUT2D eigenvalue weighted by Crippen LogP contribution is -2.15. The number of amides is 1. The summed E-state index contributed by atoms with van der Waals surface area (Å²) in [5.41, 5.74) is 0.876. The van der Waals surface area contributed by atoms with Crippen LogP contribution in [0.25, 0.3) is 11.0 Å².